The number of aliphatic carboxylic acids is 4. The molecule has 0 saturated heterocycles. The molecular weight excluding hydrogens is 789 g/mol. The zero-order valence-corrected chi connectivity index (χ0v) is 32.4. The molecule has 2 heterocycles. The van der Waals surface area contributed by atoms with E-state index in [0.29, 0.717) is 36.4 Å². The first-order chi connectivity index (χ1) is 27.1. The number of fused-ring (bicyclic) bond motifs is 1. The third-order valence-electron chi connectivity index (χ3n) is 8.63. The second kappa shape index (κ2) is 22.7. The average Bonchev–Trinajstić information content (AvgIpc) is 3.16. The summed E-state index contributed by atoms with van der Waals surface area (Å²) in [7, 11) is 2.86. The van der Waals surface area contributed by atoms with Crippen LogP contribution < -0.4 is 27.2 Å². The van der Waals surface area contributed by atoms with Crippen LogP contribution in [0.1, 0.15) is 73.8 Å². The molecule has 2 aromatic heterocycles. The highest BCUT2D eigenvalue weighted by Gasteiger charge is 2.27. The van der Waals surface area contributed by atoms with Gasteiger partial charge in [0.2, 0.25) is 11.9 Å². The zero-order valence-electron chi connectivity index (χ0n) is 30.8. The quantitative estimate of drug-likeness (QED) is 0.0413. The van der Waals surface area contributed by atoms with Crippen molar-refractivity contribution >= 4 is 85.9 Å². The third-order valence-corrected chi connectivity index (χ3v) is 10.5. The maximum absolute atomic E-state index is 12.8. The molecule has 20 nitrogen and oxygen atoms in total. The Balaban J connectivity index is 1.45. The fourth-order valence-electron chi connectivity index (χ4n) is 5.48. The molecule has 0 spiro atoms. The van der Waals surface area contributed by atoms with Crippen LogP contribution in [0.4, 0.5) is 11.6 Å². The lowest BCUT2D eigenvalue weighted by molar-refractivity contribution is -0.145. The van der Waals surface area contributed by atoms with Crippen molar-refractivity contribution in [3.05, 3.63) is 52.1 Å². The molecule has 0 radical (unpaired) electrons. The maximum atomic E-state index is 12.8. The largest absolute Gasteiger partial charge is 0.481 e. The number of nitrogen functional groups attached to an aromatic ring is 1. The van der Waals surface area contributed by atoms with Crippen molar-refractivity contribution in [3.8, 4) is 0 Å². The molecule has 0 bridgehead atoms. The van der Waals surface area contributed by atoms with Gasteiger partial charge in [-0.2, -0.15) is 4.98 Å². The summed E-state index contributed by atoms with van der Waals surface area (Å²) in [5.74, 6) is -8.70. The lowest BCUT2D eigenvalue weighted by atomic mass is 9.94. The van der Waals surface area contributed by atoms with Crippen molar-refractivity contribution in [1.82, 2.24) is 30.6 Å². The number of benzene rings is 1. The molecule has 4 atom stereocenters. The number of aromatic nitrogens is 4. The second-order valence-corrected chi connectivity index (χ2v) is 15.5. The van der Waals surface area contributed by atoms with Gasteiger partial charge < -0.3 is 42.1 Å². The number of H-pyrrole nitrogens is 1. The smallest absolute Gasteiger partial charge is 0.326 e. The Morgan fingerprint density at radius 1 is 0.807 bits per heavy atom. The third kappa shape index (κ3) is 15.4. The topological polar surface area (TPSA) is 334 Å². The number of hydrogen-bond donors (Lipinski definition) is 9. The van der Waals surface area contributed by atoms with E-state index in [9.17, 15) is 58.8 Å². The van der Waals surface area contributed by atoms with E-state index in [1.807, 2.05) is 6.26 Å². The first kappa shape index (κ1) is 45.6. The number of hydrogen-bond acceptors (Lipinski definition) is 15. The number of nitrogens with two attached hydrogens (primary N) is 1. The number of rotatable bonds is 26. The highest BCUT2D eigenvalue weighted by atomic mass is 33.1. The van der Waals surface area contributed by atoms with Gasteiger partial charge in [0.15, 0.2) is 11.2 Å². The van der Waals surface area contributed by atoms with E-state index < -0.39 is 83.8 Å². The zero-order chi connectivity index (χ0) is 42.1. The van der Waals surface area contributed by atoms with E-state index in [4.69, 9.17) is 5.73 Å². The van der Waals surface area contributed by atoms with Crippen LogP contribution in [-0.4, -0.2) is 106 Å². The first-order valence-corrected chi connectivity index (χ1v) is 20.3. The Bertz CT molecular complexity index is 1980. The van der Waals surface area contributed by atoms with Crippen molar-refractivity contribution in [2.45, 2.75) is 76.4 Å². The van der Waals surface area contributed by atoms with Crippen LogP contribution >= 0.6 is 21.6 Å². The number of carbonyl (C=O) groups is 7. The maximum Gasteiger partial charge on any atom is 0.326 e. The molecule has 0 aliphatic carbocycles. The molecule has 1 aromatic carbocycles. The molecule has 4 unspecified atom stereocenters. The van der Waals surface area contributed by atoms with Gasteiger partial charge in [-0.3, -0.25) is 33.8 Å². The van der Waals surface area contributed by atoms with E-state index in [-0.39, 0.29) is 54.9 Å². The average molecular weight is 833 g/mol. The monoisotopic (exact) mass is 832 g/mol. The van der Waals surface area contributed by atoms with Crippen LogP contribution in [0.5, 0.6) is 0 Å². The number of aromatic amines is 1. The fourth-order valence-corrected chi connectivity index (χ4v) is 6.99. The highest BCUT2D eigenvalue weighted by Crippen LogP contribution is 2.24. The van der Waals surface area contributed by atoms with Crippen LogP contribution in [0.15, 0.2) is 35.3 Å². The van der Waals surface area contributed by atoms with Crippen molar-refractivity contribution in [2.75, 3.05) is 23.1 Å². The number of Topliss-reactive ketones (excluding diaryl/α,β-unsaturated/α-hetero) is 1. The predicted molar refractivity (Wildman–Crippen MR) is 209 cm³/mol. The number of nitrogens with zero attached hydrogens (tertiary/aromatic N) is 3. The molecule has 3 aromatic rings. The highest BCUT2D eigenvalue weighted by molar-refractivity contribution is 8.76. The summed E-state index contributed by atoms with van der Waals surface area (Å²) < 4.78 is 0. The minimum Gasteiger partial charge on any atom is -0.481 e. The standard InChI is InChI=1S/C35H44N8O12S2/c1-56-57-17-20(32(50)51)4-2-3-5-24(33(52)53)40-26(45)13-8-19(31(48)49)14-23(44)11-12-25(34(54)55)41-29(46)18-6-9-21(10-7-18)37-15-22-16-38-28-27(39-22)30(47)43-35(36)42-28/h6-7,9-10,16,19-20,24-25,37H,2-5,8,11-15,17H2,1H3,(H,40,45)(H,41,46)(H,48,49)(H,50,51)(H,52,53)(H,54,55)(H3,36,38,42,43,47). The SMILES string of the molecule is CSSCC(CCCCC(NC(=O)CCC(CC(=O)CCC(NC(=O)c1ccc(NCc2cnc3nc(N)[nH]c(=O)c3n2)cc1)C(=O)O)C(=O)O)C(=O)O)C(=O)O. The van der Waals surface area contributed by atoms with E-state index in [2.05, 4.69) is 35.9 Å². The molecule has 0 fully saturated rings. The van der Waals surface area contributed by atoms with Gasteiger partial charge in [0.05, 0.1) is 30.3 Å². The number of ketones is 1. The van der Waals surface area contributed by atoms with E-state index >= 15 is 0 Å². The molecule has 3 rings (SSSR count). The summed E-state index contributed by atoms with van der Waals surface area (Å²) in [6, 6.07) is 3.22. The number of nitrogens with one attached hydrogen (secondary N) is 4. The van der Waals surface area contributed by atoms with E-state index in [0.717, 1.165) is 0 Å². The number of anilines is 2. The Hall–Kier alpha value is -5.77. The number of unbranched alkanes of at least 4 members (excludes halogenated alkanes) is 1. The predicted octanol–water partition coefficient (Wildman–Crippen LogP) is 2.15. The van der Waals surface area contributed by atoms with E-state index in [1.54, 1.807) is 12.1 Å². The van der Waals surface area contributed by atoms with Gasteiger partial charge in [-0.15, -0.1) is 0 Å². The molecule has 2 amide bonds. The van der Waals surface area contributed by atoms with Gasteiger partial charge in [-0.05, 0) is 56.2 Å². The summed E-state index contributed by atoms with van der Waals surface area (Å²) in [6.07, 6.45) is 2.47. The molecule has 0 aliphatic heterocycles. The molecule has 0 saturated carbocycles. The van der Waals surface area contributed by atoms with Crippen LogP contribution in [0, 0.1) is 11.8 Å². The Morgan fingerprint density at radius 3 is 2.09 bits per heavy atom. The van der Waals surface area contributed by atoms with Gasteiger partial charge >= 0.3 is 23.9 Å². The van der Waals surface area contributed by atoms with Crippen LogP contribution in [-0.2, 0) is 35.3 Å². The summed E-state index contributed by atoms with van der Waals surface area (Å²) in [5, 5.41) is 46.0. The van der Waals surface area contributed by atoms with Crippen molar-refractivity contribution in [2.24, 2.45) is 11.8 Å². The normalized spacial score (nSPS) is 13.1. The van der Waals surface area contributed by atoms with Crippen molar-refractivity contribution in [1.29, 1.82) is 0 Å². The van der Waals surface area contributed by atoms with Crippen LogP contribution in [0.25, 0.3) is 11.2 Å². The lowest BCUT2D eigenvalue weighted by Gasteiger charge is -2.17. The minimum absolute atomic E-state index is 0.00927. The van der Waals surface area contributed by atoms with Crippen molar-refractivity contribution in [3.63, 3.8) is 0 Å². The summed E-state index contributed by atoms with van der Waals surface area (Å²) >= 11 is 0. The number of carboxylic acids is 4. The molecule has 22 heteroatoms. The molecule has 57 heavy (non-hydrogen) atoms. The van der Waals surface area contributed by atoms with Gasteiger partial charge in [0.1, 0.15) is 17.9 Å². The Kier molecular flexibility index (Phi) is 18.2. The molecule has 10 N–H and O–H groups in total. The van der Waals surface area contributed by atoms with E-state index in [1.165, 1.54) is 39.9 Å². The summed E-state index contributed by atoms with van der Waals surface area (Å²) in [5.41, 5.74) is 6.16. The molecule has 0 aliphatic rings. The number of carboxylic acid groups (broad SMARTS) is 4. The van der Waals surface area contributed by atoms with Crippen LogP contribution in [0.2, 0.25) is 0 Å². The van der Waals surface area contributed by atoms with Gasteiger partial charge in [0.25, 0.3) is 11.5 Å². The number of carbonyl (C=O) groups excluding carboxylic acids is 3. The lowest BCUT2D eigenvalue weighted by Crippen LogP contribution is -2.41. The second-order valence-electron chi connectivity index (χ2n) is 12.9. The molecular formula is C35H44N8O12S2. The Labute approximate surface area is 333 Å². The van der Waals surface area contributed by atoms with Crippen molar-refractivity contribution < 1.29 is 54.0 Å². The molecule has 308 valence electrons. The first-order valence-electron chi connectivity index (χ1n) is 17.6. The number of amides is 2. The van der Waals surface area contributed by atoms with Crippen LogP contribution in [0.3, 0.4) is 0 Å². The minimum atomic E-state index is -1.48. The fraction of sp³-hybridized carbons (Fsp3) is 0.457. The summed E-state index contributed by atoms with van der Waals surface area (Å²) in [6.45, 7) is 0.159. The van der Waals surface area contributed by atoms with Gasteiger partial charge in [-0.1, -0.05) is 34.4 Å². The summed E-state index contributed by atoms with van der Waals surface area (Å²) in [4.78, 5) is 112. The van der Waals surface area contributed by atoms with Gasteiger partial charge in [-0.25, -0.2) is 19.6 Å². The van der Waals surface area contributed by atoms with Gasteiger partial charge in [0, 0.05) is 36.3 Å². The Morgan fingerprint density at radius 2 is 1.46 bits per heavy atom.